The van der Waals surface area contributed by atoms with Gasteiger partial charge in [0, 0.05) is 11.1 Å². The Hall–Kier alpha value is -1.26. The molecule has 0 atom stereocenters. The van der Waals surface area contributed by atoms with Crippen molar-refractivity contribution in [2.24, 2.45) is 0 Å². The van der Waals surface area contributed by atoms with E-state index in [4.69, 9.17) is 23.2 Å². The molecule has 120 valence electrons. The smallest absolute Gasteiger partial charge is 0.170 e. The van der Waals surface area contributed by atoms with Crippen LogP contribution in [0.2, 0.25) is 10.0 Å². The van der Waals surface area contributed by atoms with Gasteiger partial charge in [0.1, 0.15) is 0 Å². The van der Waals surface area contributed by atoms with Gasteiger partial charge in [0.2, 0.25) is 0 Å². The molecule has 2 N–H and O–H groups in total. The Kier molecular flexibility index (Phi) is 4.46. The lowest BCUT2D eigenvalue weighted by Crippen LogP contribution is -2.31. The normalized spacial score (nSPS) is 12.5. The summed E-state index contributed by atoms with van der Waals surface area (Å²) >= 11 is 12.2. The molecule has 0 aliphatic rings. The predicted octanol–water partition coefficient (Wildman–Crippen LogP) is 5.36. The van der Waals surface area contributed by atoms with E-state index in [9.17, 15) is 0 Å². The number of fused-ring (bicyclic) bond motifs is 1. The molecule has 0 unspecified atom stereocenters. The maximum atomic E-state index is 6.08. The molecule has 2 rings (SSSR count). The topological polar surface area (TPSA) is 49.8 Å². The van der Waals surface area contributed by atoms with E-state index in [1.54, 1.807) is 12.1 Å². The summed E-state index contributed by atoms with van der Waals surface area (Å²) in [6.45, 7) is 12.5. The lowest BCUT2D eigenvalue weighted by molar-refractivity contribution is 0.619. The van der Waals surface area contributed by atoms with E-state index in [0.29, 0.717) is 32.7 Å². The van der Waals surface area contributed by atoms with Crippen LogP contribution >= 0.6 is 23.2 Å². The van der Waals surface area contributed by atoms with Gasteiger partial charge in [-0.25, -0.2) is 9.97 Å². The highest BCUT2D eigenvalue weighted by atomic mass is 35.5. The average molecular weight is 341 g/mol. The third-order valence-corrected chi connectivity index (χ3v) is 3.42. The first kappa shape index (κ1) is 17.1. The van der Waals surface area contributed by atoms with Crippen LogP contribution in [0.15, 0.2) is 12.1 Å². The summed E-state index contributed by atoms with van der Waals surface area (Å²) in [5.41, 5.74) is 1.15. The third-order valence-electron chi connectivity index (χ3n) is 2.69. The van der Waals surface area contributed by atoms with Crippen LogP contribution in [0.3, 0.4) is 0 Å². The standard InChI is InChI=1S/C16H22Cl2N4/c1-15(2,3)21-13-14(22-16(4,5)6)20-12-8-10(18)9(17)7-11(12)19-13/h7-8H,1-6H3,(H,19,21)(H,20,22). The fraction of sp³-hybridized carbons (Fsp3) is 0.500. The molecule has 0 saturated carbocycles. The van der Waals surface area contributed by atoms with Crippen LogP contribution in [0, 0.1) is 0 Å². The largest absolute Gasteiger partial charge is 0.362 e. The molecule has 0 spiro atoms. The average Bonchev–Trinajstić information content (AvgIpc) is 2.29. The number of nitrogens with zero attached hydrogens (tertiary/aromatic N) is 2. The molecule has 0 amide bonds. The summed E-state index contributed by atoms with van der Waals surface area (Å²) in [5.74, 6) is 1.40. The van der Waals surface area contributed by atoms with E-state index in [1.807, 2.05) is 0 Å². The number of nitrogens with one attached hydrogen (secondary N) is 2. The second-order valence-electron chi connectivity index (χ2n) is 7.43. The van der Waals surface area contributed by atoms with Crippen LogP contribution in [-0.2, 0) is 0 Å². The van der Waals surface area contributed by atoms with E-state index < -0.39 is 0 Å². The molecule has 2 aromatic rings. The zero-order valence-corrected chi connectivity index (χ0v) is 15.3. The van der Waals surface area contributed by atoms with E-state index in [-0.39, 0.29) is 11.1 Å². The first-order chi connectivity index (χ1) is 9.94. The van der Waals surface area contributed by atoms with Crippen LogP contribution in [0.4, 0.5) is 11.6 Å². The second kappa shape index (κ2) is 5.74. The summed E-state index contributed by atoms with van der Waals surface area (Å²) in [7, 11) is 0. The first-order valence-corrected chi connectivity index (χ1v) is 7.93. The number of aromatic nitrogens is 2. The molecule has 0 aliphatic carbocycles. The Bertz CT molecular complexity index is 639. The van der Waals surface area contributed by atoms with Crippen LogP contribution in [0.1, 0.15) is 41.5 Å². The van der Waals surface area contributed by atoms with Crippen LogP contribution < -0.4 is 10.6 Å². The van der Waals surface area contributed by atoms with E-state index in [0.717, 1.165) is 0 Å². The summed E-state index contributed by atoms with van der Waals surface area (Å²) in [6, 6.07) is 3.47. The monoisotopic (exact) mass is 340 g/mol. The molecule has 4 nitrogen and oxygen atoms in total. The highest BCUT2D eigenvalue weighted by Crippen LogP contribution is 2.31. The van der Waals surface area contributed by atoms with Gasteiger partial charge in [-0.1, -0.05) is 23.2 Å². The van der Waals surface area contributed by atoms with E-state index in [1.165, 1.54) is 0 Å². The fourth-order valence-corrected chi connectivity index (χ4v) is 2.25. The Morgan fingerprint density at radius 3 is 1.32 bits per heavy atom. The van der Waals surface area contributed by atoms with Crippen molar-refractivity contribution in [3.05, 3.63) is 22.2 Å². The lowest BCUT2D eigenvalue weighted by Gasteiger charge is -2.27. The Labute approximate surface area is 141 Å². The fourth-order valence-electron chi connectivity index (χ4n) is 1.94. The number of rotatable bonds is 2. The van der Waals surface area contributed by atoms with Gasteiger partial charge >= 0.3 is 0 Å². The summed E-state index contributed by atoms with van der Waals surface area (Å²) < 4.78 is 0. The van der Waals surface area contributed by atoms with Crippen molar-refractivity contribution >= 4 is 45.9 Å². The molecular formula is C16H22Cl2N4. The van der Waals surface area contributed by atoms with Crippen LogP contribution in [0.25, 0.3) is 11.0 Å². The van der Waals surface area contributed by atoms with Crippen molar-refractivity contribution < 1.29 is 0 Å². The molecule has 0 radical (unpaired) electrons. The van der Waals surface area contributed by atoms with Gasteiger partial charge in [0.15, 0.2) is 11.6 Å². The SMILES string of the molecule is CC(C)(C)Nc1nc2cc(Cl)c(Cl)cc2nc1NC(C)(C)C. The highest BCUT2D eigenvalue weighted by Gasteiger charge is 2.20. The first-order valence-electron chi connectivity index (χ1n) is 7.18. The molecule has 22 heavy (non-hydrogen) atoms. The summed E-state index contributed by atoms with van der Waals surface area (Å²) in [5, 5.41) is 7.72. The van der Waals surface area contributed by atoms with Crippen molar-refractivity contribution in [3.63, 3.8) is 0 Å². The number of hydrogen-bond donors (Lipinski definition) is 2. The Balaban J connectivity index is 2.61. The molecule has 1 heterocycles. The van der Waals surface area contributed by atoms with Crippen molar-refractivity contribution in [1.82, 2.24) is 9.97 Å². The van der Waals surface area contributed by atoms with Gasteiger partial charge in [-0.3, -0.25) is 0 Å². The summed E-state index contributed by atoms with van der Waals surface area (Å²) in [6.07, 6.45) is 0. The van der Waals surface area contributed by atoms with Crippen LogP contribution in [0.5, 0.6) is 0 Å². The number of hydrogen-bond acceptors (Lipinski definition) is 4. The molecule has 0 saturated heterocycles. The van der Waals surface area contributed by atoms with Gasteiger partial charge in [0.05, 0.1) is 21.1 Å². The molecule has 0 fully saturated rings. The maximum Gasteiger partial charge on any atom is 0.170 e. The van der Waals surface area contributed by atoms with Crippen molar-refractivity contribution in [2.45, 2.75) is 52.6 Å². The van der Waals surface area contributed by atoms with Crippen LogP contribution in [-0.4, -0.2) is 21.0 Å². The zero-order chi connectivity index (χ0) is 16.7. The van der Waals surface area contributed by atoms with Gasteiger partial charge in [-0.15, -0.1) is 0 Å². The van der Waals surface area contributed by atoms with E-state index >= 15 is 0 Å². The molecular weight excluding hydrogens is 319 g/mol. The highest BCUT2D eigenvalue weighted by molar-refractivity contribution is 6.42. The second-order valence-corrected chi connectivity index (χ2v) is 8.24. The molecule has 1 aromatic carbocycles. The van der Waals surface area contributed by atoms with Gasteiger partial charge in [0.25, 0.3) is 0 Å². The number of benzene rings is 1. The third kappa shape index (κ3) is 4.37. The van der Waals surface area contributed by atoms with Crippen molar-refractivity contribution in [1.29, 1.82) is 0 Å². The molecule has 6 heteroatoms. The van der Waals surface area contributed by atoms with E-state index in [2.05, 4.69) is 62.1 Å². The minimum Gasteiger partial charge on any atom is -0.362 e. The molecule has 1 aromatic heterocycles. The number of halogens is 2. The molecule has 0 aliphatic heterocycles. The number of anilines is 2. The Morgan fingerprint density at radius 2 is 1.05 bits per heavy atom. The lowest BCUT2D eigenvalue weighted by atomic mass is 10.1. The van der Waals surface area contributed by atoms with Gasteiger partial charge < -0.3 is 10.6 Å². The zero-order valence-electron chi connectivity index (χ0n) is 13.8. The van der Waals surface area contributed by atoms with Gasteiger partial charge in [-0.2, -0.15) is 0 Å². The summed E-state index contributed by atoms with van der Waals surface area (Å²) in [4.78, 5) is 9.33. The quantitative estimate of drug-likeness (QED) is 0.772. The molecule has 0 bridgehead atoms. The van der Waals surface area contributed by atoms with Gasteiger partial charge in [-0.05, 0) is 53.7 Å². The predicted molar refractivity (Wildman–Crippen MR) is 96.3 cm³/mol. The Morgan fingerprint density at radius 1 is 0.727 bits per heavy atom. The van der Waals surface area contributed by atoms with Crippen molar-refractivity contribution in [2.75, 3.05) is 10.6 Å². The van der Waals surface area contributed by atoms with Crippen molar-refractivity contribution in [3.8, 4) is 0 Å². The maximum absolute atomic E-state index is 6.08. The minimum absolute atomic E-state index is 0.132. The minimum atomic E-state index is -0.132.